The molecule has 3 heterocycles. The fourth-order valence-electron chi connectivity index (χ4n) is 5.99. The molecule has 46 heavy (non-hydrogen) atoms. The van der Waals surface area contributed by atoms with Crippen LogP contribution in [0.25, 0.3) is 10.8 Å². The lowest BCUT2D eigenvalue weighted by Gasteiger charge is -2.30. The number of anilines is 2. The Kier molecular flexibility index (Phi) is 8.06. The number of aromatic nitrogens is 1. The predicted molar refractivity (Wildman–Crippen MR) is 180 cm³/mol. The average Bonchev–Trinajstić information content (AvgIpc) is 3.55. The van der Waals surface area contributed by atoms with Gasteiger partial charge < -0.3 is 19.8 Å². The number of amides is 3. The van der Waals surface area contributed by atoms with E-state index in [9.17, 15) is 19.2 Å². The van der Waals surface area contributed by atoms with Crippen molar-refractivity contribution in [3.05, 3.63) is 110 Å². The van der Waals surface area contributed by atoms with E-state index in [1.54, 1.807) is 42.5 Å². The Morgan fingerprint density at radius 1 is 0.935 bits per heavy atom. The molecule has 5 aromatic rings. The monoisotopic (exact) mass is 671 g/mol. The Morgan fingerprint density at radius 3 is 2.52 bits per heavy atom. The lowest BCUT2D eigenvalue weighted by Crippen LogP contribution is -2.32. The highest BCUT2D eigenvalue weighted by Crippen LogP contribution is 2.53. The lowest BCUT2D eigenvalue weighted by molar-refractivity contribution is -0.122. The Bertz CT molecular complexity index is 2060. The number of ether oxygens (including phenoxy) is 2. The molecule has 2 aliphatic heterocycles. The number of aromatic amines is 1. The number of imide groups is 1. The van der Waals surface area contributed by atoms with E-state index in [1.165, 1.54) is 16.7 Å². The molecule has 2 aliphatic rings. The molecule has 2 N–H and O–H groups in total. The van der Waals surface area contributed by atoms with Crippen LogP contribution in [0.15, 0.2) is 94.7 Å². The van der Waals surface area contributed by atoms with E-state index in [0.717, 1.165) is 22.1 Å². The normalized spacial score (nSPS) is 18.7. The molecule has 7 rings (SSSR count). The summed E-state index contributed by atoms with van der Waals surface area (Å²) in [5.41, 5.74) is 1.80. The standard InChI is InChI=1S/C34H26ClN3O6S2/c1-2-43-25-16-19(10-15-24(25)44-17-26(39)36-23-9-5-7-18-6-3-4-8-22(18)23)27-28-30(45-31-29(27)46-34(42)37-31)33(41)38(32(28)40)21-13-11-20(35)12-14-21/h3-16,27-28,30H,2,17H2,1H3,(H,36,39)(H,37,42). The van der Waals surface area contributed by atoms with Crippen molar-refractivity contribution in [2.75, 3.05) is 23.4 Å². The number of benzene rings is 4. The van der Waals surface area contributed by atoms with Crippen LogP contribution in [0.3, 0.4) is 0 Å². The van der Waals surface area contributed by atoms with Crippen LogP contribution in [-0.4, -0.2) is 41.2 Å². The van der Waals surface area contributed by atoms with Crippen LogP contribution in [0.5, 0.6) is 11.5 Å². The SMILES string of the molecule is CCOc1cc(C2c3sc(=O)[nH]c3SC3C(=O)N(c4ccc(Cl)cc4)C(=O)C32)ccc1OCC(=O)Nc1cccc2ccccc12. The summed E-state index contributed by atoms with van der Waals surface area (Å²) in [4.78, 5) is 57.6. The van der Waals surface area contributed by atoms with Crippen molar-refractivity contribution < 1.29 is 23.9 Å². The molecular weight excluding hydrogens is 646 g/mol. The van der Waals surface area contributed by atoms with Crippen molar-refractivity contribution in [3.63, 3.8) is 0 Å². The fourth-order valence-corrected chi connectivity index (χ4v) is 8.63. The molecule has 0 radical (unpaired) electrons. The van der Waals surface area contributed by atoms with E-state index < -0.39 is 17.1 Å². The van der Waals surface area contributed by atoms with Gasteiger partial charge in [-0.2, -0.15) is 0 Å². The van der Waals surface area contributed by atoms with Gasteiger partial charge in [0.1, 0.15) is 5.25 Å². The number of halogens is 1. The van der Waals surface area contributed by atoms with E-state index in [0.29, 0.717) is 50.0 Å². The van der Waals surface area contributed by atoms with Gasteiger partial charge in [0.05, 0.1) is 23.2 Å². The molecule has 3 amide bonds. The maximum absolute atomic E-state index is 14.0. The third kappa shape index (κ3) is 5.44. The van der Waals surface area contributed by atoms with Gasteiger partial charge in [0.15, 0.2) is 18.1 Å². The zero-order valence-electron chi connectivity index (χ0n) is 24.3. The number of carbonyl (C=O) groups is 3. The number of carbonyl (C=O) groups excluding carboxylic acids is 3. The number of fused-ring (bicyclic) bond motifs is 3. The Balaban J connectivity index is 1.18. The summed E-state index contributed by atoms with van der Waals surface area (Å²) in [6.07, 6.45) is 0. The van der Waals surface area contributed by atoms with E-state index >= 15 is 0 Å². The largest absolute Gasteiger partial charge is 0.490 e. The van der Waals surface area contributed by atoms with E-state index in [4.69, 9.17) is 21.1 Å². The lowest BCUT2D eigenvalue weighted by atomic mass is 9.83. The van der Waals surface area contributed by atoms with Gasteiger partial charge in [-0.3, -0.25) is 19.2 Å². The first-order chi connectivity index (χ1) is 22.3. The van der Waals surface area contributed by atoms with Gasteiger partial charge in [-0.1, -0.05) is 77.2 Å². The summed E-state index contributed by atoms with van der Waals surface area (Å²) >= 11 is 8.29. The first-order valence-corrected chi connectivity index (χ1v) is 16.6. The smallest absolute Gasteiger partial charge is 0.305 e. The van der Waals surface area contributed by atoms with Crippen molar-refractivity contribution in [1.82, 2.24) is 4.98 Å². The molecule has 1 fully saturated rings. The maximum atomic E-state index is 14.0. The first kappa shape index (κ1) is 30.1. The topological polar surface area (TPSA) is 118 Å². The van der Waals surface area contributed by atoms with E-state index in [2.05, 4.69) is 10.3 Å². The third-order valence-electron chi connectivity index (χ3n) is 7.96. The van der Waals surface area contributed by atoms with Crippen LogP contribution in [0.2, 0.25) is 5.02 Å². The van der Waals surface area contributed by atoms with Crippen molar-refractivity contribution in [2.24, 2.45) is 5.92 Å². The highest BCUT2D eigenvalue weighted by Gasteiger charge is 2.56. The van der Waals surface area contributed by atoms with Gasteiger partial charge in [-0.05, 0) is 60.3 Å². The summed E-state index contributed by atoms with van der Waals surface area (Å²) in [5, 5.41) is 5.17. The highest BCUT2D eigenvalue weighted by atomic mass is 35.5. The first-order valence-electron chi connectivity index (χ1n) is 14.5. The second-order valence-corrected chi connectivity index (χ2v) is 13.3. The van der Waals surface area contributed by atoms with Crippen LogP contribution in [-0.2, 0) is 14.4 Å². The molecule has 9 nitrogen and oxygen atoms in total. The number of rotatable bonds is 8. The number of thiazole rings is 1. The van der Waals surface area contributed by atoms with E-state index in [-0.39, 0.29) is 29.2 Å². The minimum Gasteiger partial charge on any atom is -0.490 e. The van der Waals surface area contributed by atoms with Gasteiger partial charge in [0, 0.05) is 26.9 Å². The molecule has 12 heteroatoms. The molecule has 232 valence electrons. The number of hydrogen-bond acceptors (Lipinski definition) is 8. The maximum Gasteiger partial charge on any atom is 0.305 e. The summed E-state index contributed by atoms with van der Waals surface area (Å²) in [6, 6.07) is 25.2. The van der Waals surface area contributed by atoms with Crippen molar-refractivity contribution >= 4 is 74.6 Å². The Hall–Kier alpha value is -4.58. The van der Waals surface area contributed by atoms with Crippen LogP contribution >= 0.6 is 34.7 Å². The summed E-state index contributed by atoms with van der Waals surface area (Å²) in [5.74, 6) is -1.68. The second-order valence-electron chi connectivity index (χ2n) is 10.7. The molecular formula is C34H26ClN3O6S2. The molecule has 3 atom stereocenters. The Labute approximate surface area is 276 Å². The zero-order valence-corrected chi connectivity index (χ0v) is 26.7. The minimum absolute atomic E-state index is 0.264. The molecule has 1 aromatic heterocycles. The Morgan fingerprint density at radius 2 is 1.72 bits per heavy atom. The minimum atomic E-state index is -0.764. The van der Waals surface area contributed by atoms with Crippen LogP contribution in [0.1, 0.15) is 23.3 Å². The van der Waals surface area contributed by atoms with Gasteiger partial charge in [0.25, 0.3) is 5.91 Å². The number of hydrogen-bond donors (Lipinski definition) is 2. The van der Waals surface area contributed by atoms with Gasteiger partial charge in [-0.15, -0.1) is 0 Å². The summed E-state index contributed by atoms with van der Waals surface area (Å²) < 4.78 is 11.9. The van der Waals surface area contributed by atoms with Crippen LogP contribution in [0.4, 0.5) is 11.4 Å². The van der Waals surface area contributed by atoms with Crippen molar-refractivity contribution in [2.45, 2.75) is 23.1 Å². The summed E-state index contributed by atoms with van der Waals surface area (Å²) in [7, 11) is 0. The average molecular weight is 672 g/mol. The number of nitrogens with zero attached hydrogens (tertiary/aromatic N) is 1. The molecule has 3 unspecified atom stereocenters. The highest BCUT2D eigenvalue weighted by molar-refractivity contribution is 8.00. The van der Waals surface area contributed by atoms with E-state index in [1.807, 2.05) is 49.4 Å². The van der Waals surface area contributed by atoms with Crippen LogP contribution < -0.4 is 24.6 Å². The number of H-pyrrole nitrogens is 1. The molecule has 0 saturated carbocycles. The number of nitrogens with one attached hydrogen (secondary N) is 2. The zero-order chi connectivity index (χ0) is 31.9. The molecule has 0 aliphatic carbocycles. The fraction of sp³-hybridized carbons (Fsp3) is 0.176. The second kappa shape index (κ2) is 12.3. The van der Waals surface area contributed by atoms with Gasteiger partial charge in [0.2, 0.25) is 11.8 Å². The van der Waals surface area contributed by atoms with Crippen molar-refractivity contribution in [3.8, 4) is 11.5 Å². The quantitative estimate of drug-likeness (QED) is 0.182. The van der Waals surface area contributed by atoms with Gasteiger partial charge in [-0.25, -0.2) is 4.90 Å². The third-order valence-corrected chi connectivity index (χ3v) is 10.6. The summed E-state index contributed by atoms with van der Waals surface area (Å²) in [6.45, 7) is 1.88. The van der Waals surface area contributed by atoms with Crippen molar-refractivity contribution in [1.29, 1.82) is 0 Å². The van der Waals surface area contributed by atoms with Crippen LogP contribution in [0, 0.1) is 5.92 Å². The molecule has 0 spiro atoms. The predicted octanol–water partition coefficient (Wildman–Crippen LogP) is 6.46. The molecule has 0 bridgehead atoms. The molecule has 4 aromatic carbocycles. The van der Waals surface area contributed by atoms with Gasteiger partial charge >= 0.3 is 4.87 Å². The molecule has 1 saturated heterocycles. The number of thioether (sulfide) groups is 1.